The Bertz CT molecular complexity index is 428. The van der Waals surface area contributed by atoms with Gasteiger partial charge < -0.3 is 10.7 Å². The molecule has 0 unspecified atom stereocenters. The lowest BCUT2D eigenvalue weighted by Crippen LogP contribution is -2.10. The topological polar surface area (TPSA) is 78.6 Å². The van der Waals surface area contributed by atoms with Crippen LogP contribution in [-0.2, 0) is 0 Å². The van der Waals surface area contributed by atoms with Gasteiger partial charge in [-0.25, -0.2) is 4.98 Å². The number of benzene rings is 1. The first-order valence-corrected chi connectivity index (χ1v) is 4.20. The Morgan fingerprint density at radius 3 is 2.50 bits per heavy atom. The quantitative estimate of drug-likeness (QED) is 0.489. The third-order valence-corrected chi connectivity index (χ3v) is 2.01. The summed E-state index contributed by atoms with van der Waals surface area (Å²) in [5.74, 6) is 0.0844. The molecule has 2 rings (SSSR count). The molecule has 2 aromatic rings. The van der Waals surface area contributed by atoms with Gasteiger partial charge in [-0.1, -0.05) is 24.3 Å². The molecule has 4 heteroatoms. The Kier molecular flexibility index (Phi) is 2.02. The van der Waals surface area contributed by atoms with Gasteiger partial charge in [0.15, 0.2) is 0 Å². The van der Waals surface area contributed by atoms with E-state index in [0.29, 0.717) is 0 Å². The fraction of sp³-hybridized carbons (Fsp3) is 0. The van der Waals surface area contributed by atoms with E-state index in [1.165, 1.54) is 0 Å². The maximum atomic E-state index is 7.24. The number of amidine groups is 1. The summed E-state index contributed by atoms with van der Waals surface area (Å²) >= 11 is 0. The predicted octanol–water partition coefficient (Wildman–Crippen LogP) is 1.36. The molecule has 1 heterocycles. The highest BCUT2D eigenvalue weighted by Crippen LogP contribution is 2.15. The third kappa shape index (κ3) is 1.50. The van der Waals surface area contributed by atoms with Crippen LogP contribution in [0.25, 0.3) is 11.3 Å². The Labute approximate surface area is 81.3 Å². The number of aromatic nitrogens is 2. The molecule has 0 aliphatic carbocycles. The number of nitrogen functional groups attached to an aromatic ring is 1. The van der Waals surface area contributed by atoms with Crippen LogP contribution in [0.4, 0.5) is 0 Å². The lowest BCUT2D eigenvalue weighted by Gasteiger charge is -2.00. The molecule has 0 aliphatic rings. The molecule has 0 saturated carbocycles. The molecule has 0 spiro atoms. The molecule has 14 heavy (non-hydrogen) atoms. The summed E-state index contributed by atoms with van der Waals surface area (Å²) in [6.07, 6.45) is 3.39. The first kappa shape index (κ1) is 8.50. The second kappa shape index (κ2) is 3.33. The molecule has 0 saturated heterocycles. The van der Waals surface area contributed by atoms with E-state index in [0.717, 1.165) is 16.8 Å². The van der Waals surface area contributed by atoms with E-state index < -0.39 is 0 Å². The lowest BCUT2D eigenvalue weighted by molar-refractivity contribution is 1.31. The number of nitrogens with one attached hydrogen (secondary N) is 2. The van der Waals surface area contributed by atoms with Gasteiger partial charge in [-0.05, 0) is 5.56 Å². The van der Waals surface area contributed by atoms with Gasteiger partial charge in [0.25, 0.3) is 0 Å². The van der Waals surface area contributed by atoms with Crippen molar-refractivity contribution in [3.8, 4) is 11.3 Å². The minimum Gasteiger partial charge on any atom is -0.384 e. The first-order valence-electron chi connectivity index (χ1n) is 4.20. The Hall–Kier alpha value is -2.10. The molecule has 4 nitrogen and oxygen atoms in total. The van der Waals surface area contributed by atoms with Gasteiger partial charge in [0.05, 0.1) is 18.2 Å². The van der Waals surface area contributed by atoms with E-state index in [9.17, 15) is 0 Å². The molecule has 4 N–H and O–H groups in total. The summed E-state index contributed by atoms with van der Waals surface area (Å²) < 4.78 is 0. The summed E-state index contributed by atoms with van der Waals surface area (Å²) in [7, 11) is 0. The number of nitrogens with two attached hydrogens (primary N) is 1. The van der Waals surface area contributed by atoms with Gasteiger partial charge in [-0.15, -0.1) is 0 Å². The number of nitrogens with zero attached hydrogens (tertiary/aromatic N) is 1. The second-order valence-corrected chi connectivity index (χ2v) is 2.96. The van der Waals surface area contributed by atoms with E-state index in [4.69, 9.17) is 11.1 Å². The van der Waals surface area contributed by atoms with Crippen LogP contribution in [-0.4, -0.2) is 15.8 Å². The summed E-state index contributed by atoms with van der Waals surface area (Å²) in [6, 6.07) is 7.45. The molecular weight excluding hydrogens is 176 g/mol. The number of imidazole rings is 1. The van der Waals surface area contributed by atoms with Gasteiger partial charge in [0.2, 0.25) is 0 Å². The van der Waals surface area contributed by atoms with Crippen molar-refractivity contribution in [2.75, 3.05) is 0 Å². The summed E-state index contributed by atoms with van der Waals surface area (Å²) in [4.78, 5) is 6.94. The average Bonchev–Trinajstić information content (AvgIpc) is 2.71. The monoisotopic (exact) mass is 186 g/mol. The van der Waals surface area contributed by atoms with Crippen molar-refractivity contribution in [3.63, 3.8) is 0 Å². The maximum Gasteiger partial charge on any atom is 0.122 e. The largest absolute Gasteiger partial charge is 0.384 e. The molecule has 0 atom stereocenters. The van der Waals surface area contributed by atoms with Crippen LogP contribution in [0.1, 0.15) is 5.56 Å². The number of rotatable bonds is 2. The fourth-order valence-electron chi connectivity index (χ4n) is 1.24. The molecule has 0 bridgehead atoms. The first-order chi connectivity index (χ1) is 6.77. The molecule has 0 radical (unpaired) electrons. The Morgan fingerprint density at radius 2 is 2.00 bits per heavy atom. The maximum absolute atomic E-state index is 7.24. The fourth-order valence-corrected chi connectivity index (χ4v) is 1.24. The van der Waals surface area contributed by atoms with Crippen LogP contribution in [0.2, 0.25) is 0 Å². The van der Waals surface area contributed by atoms with Gasteiger partial charge >= 0.3 is 0 Å². The molecule has 0 fully saturated rings. The SMILES string of the molecule is N=C(N)c1ccc(-c2cnc[nH]2)cc1. The van der Waals surface area contributed by atoms with Crippen LogP contribution in [0.3, 0.4) is 0 Å². The van der Waals surface area contributed by atoms with Crippen LogP contribution in [0.15, 0.2) is 36.8 Å². The average molecular weight is 186 g/mol. The van der Waals surface area contributed by atoms with Gasteiger partial charge in [-0.2, -0.15) is 0 Å². The number of hydrogen-bond donors (Lipinski definition) is 3. The number of aromatic amines is 1. The zero-order valence-corrected chi connectivity index (χ0v) is 7.49. The van der Waals surface area contributed by atoms with Crippen LogP contribution >= 0.6 is 0 Å². The molecular formula is C10H10N4. The lowest BCUT2D eigenvalue weighted by atomic mass is 10.1. The van der Waals surface area contributed by atoms with Gasteiger partial charge in [-0.3, -0.25) is 5.41 Å². The minimum absolute atomic E-state index is 0.0844. The molecule has 70 valence electrons. The van der Waals surface area contributed by atoms with E-state index in [1.54, 1.807) is 12.5 Å². The summed E-state index contributed by atoms with van der Waals surface area (Å²) in [6.45, 7) is 0. The normalized spacial score (nSPS) is 10.0. The summed E-state index contributed by atoms with van der Waals surface area (Å²) in [5, 5.41) is 7.24. The second-order valence-electron chi connectivity index (χ2n) is 2.96. The smallest absolute Gasteiger partial charge is 0.122 e. The number of hydrogen-bond acceptors (Lipinski definition) is 2. The van der Waals surface area contributed by atoms with Crippen LogP contribution < -0.4 is 5.73 Å². The van der Waals surface area contributed by atoms with E-state index in [1.807, 2.05) is 24.3 Å². The Balaban J connectivity index is 2.36. The zero-order valence-electron chi connectivity index (χ0n) is 7.49. The van der Waals surface area contributed by atoms with Crippen molar-refractivity contribution in [1.29, 1.82) is 5.41 Å². The van der Waals surface area contributed by atoms with Gasteiger partial charge in [0.1, 0.15) is 5.84 Å². The number of H-pyrrole nitrogens is 1. The minimum atomic E-state index is 0.0844. The van der Waals surface area contributed by atoms with Crippen molar-refractivity contribution in [1.82, 2.24) is 9.97 Å². The Morgan fingerprint density at radius 1 is 1.29 bits per heavy atom. The van der Waals surface area contributed by atoms with Crippen LogP contribution in [0, 0.1) is 5.41 Å². The van der Waals surface area contributed by atoms with Crippen LogP contribution in [0.5, 0.6) is 0 Å². The zero-order chi connectivity index (χ0) is 9.97. The van der Waals surface area contributed by atoms with E-state index in [-0.39, 0.29) is 5.84 Å². The molecule has 1 aromatic carbocycles. The van der Waals surface area contributed by atoms with Crippen molar-refractivity contribution < 1.29 is 0 Å². The van der Waals surface area contributed by atoms with Gasteiger partial charge in [0, 0.05) is 5.56 Å². The van der Waals surface area contributed by atoms with Crippen molar-refractivity contribution in [3.05, 3.63) is 42.4 Å². The van der Waals surface area contributed by atoms with Crippen molar-refractivity contribution >= 4 is 5.84 Å². The summed E-state index contributed by atoms with van der Waals surface area (Å²) in [5.41, 5.74) is 8.07. The van der Waals surface area contributed by atoms with Crippen molar-refractivity contribution in [2.24, 2.45) is 5.73 Å². The standard InChI is InChI=1S/C10H10N4/c11-10(12)8-3-1-7(2-4-8)9-5-13-6-14-9/h1-6H,(H3,11,12)(H,13,14). The van der Waals surface area contributed by atoms with E-state index >= 15 is 0 Å². The molecule has 0 aliphatic heterocycles. The molecule has 1 aromatic heterocycles. The highest BCUT2D eigenvalue weighted by atomic mass is 14.9. The van der Waals surface area contributed by atoms with E-state index in [2.05, 4.69) is 9.97 Å². The molecule has 0 amide bonds. The third-order valence-electron chi connectivity index (χ3n) is 2.01. The highest BCUT2D eigenvalue weighted by molar-refractivity contribution is 5.95. The van der Waals surface area contributed by atoms with Crippen molar-refractivity contribution in [2.45, 2.75) is 0 Å². The predicted molar refractivity (Wildman–Crippen MR) is 55.0 cm³/mol. The highest BCUT2D eigenvalue weighted by Gasteiger charge is 1.99.